The zero-order valence-corrected chi connectivity index (χ0v) is 15.1. The highest BCUT2D eigenvalue weighted by molar-refractivity contribution is 6.09. The predicted octanol–water partition coefficient (Wildman–Crippen LogP) is 0.479. The molecule has 0 atom stereocenters. The molecule has 0 spiro atoms. The lowest BCUT2D eigenvalue weighted by Crippen LogP contribution is -2.15. The fourth-order valence-electron chi connectivity index (χ4n) is 2.50. The van der Waals surface area contributed by atoms with E-state index in [2.05, 4.69) is 30.1 Å². The number of carbonyl (C=O) groups is 1. The van der Waals surface area contributed by atoms with Crippen LogP contribution in [0, 0.1) is 6.92 Å². The molecule has 1 amide bonds. The number of aromatic amines is 1. The first kappa shape index (κ1) is 18.0. The molecule has 0 radical (unpaired) electrons. The van der Waals surface area contributed by atoms with Crippen molar-refractivity contribution < 1.29 is 9.90 Å². The van der Waals surface area contributed by atoms with Crippen molar-refractivity contribution in [2.75, 3.05) is 6.54 Å². The lowest BCUT2D eigenvalue weighted by molar-refractivity contribution is 0.0990. The molecular formula is C16H19N9O2. The molecule has 0 saturated carbocycles. The molecule has 6 N–H and O–H groups in total. The maximum absolute atomic E-state index is 11.7. The Kier molecular flexibility index (Phi) is 4.59. The maximum Gasteiger partial charge on any atom is 0.285 e. The van der Waals surface area contributed by atoms with E-state index in [4.69, 9.17) is 11.5 Å². The summed E-state index contributed by atoms with van der Waals surface area (Å²) >= 11 is 0. The number of amides is 1. The average molecular weight is 369 g/mol. The van der Waals surface area contributed by atoms with Crippen molar-refractivity contribution in [3.05, 3.63) is 41.2 Å². The number of aliphatic imine (C=N–C) groups is 1. The number of aliphatic hydroxyl groups excluding tert-OH is 1. The van der Waals surface area contributed by atoms with Gasteiger partial charge in [0.2, 0.25) is 11.6 Å². The molecule has 0 aliphatic rings. The van der Waals surface area contributed by atoms with E-state index in [1.807, 2.05) is 6.92 Å². The van der Waals surface area contributed by atoms with E-state index in [1.54, 1.807) is 30.6 Å². The molecule has 0 aliphatic carbocycles. The number of nitrogens with zero attached hydrogens (tertiary/aromatic N) is 6. The Morgan fingerprint density at radius 1 is 1.37 bits per heavy atom. The van der Waals surface area contributed by atoms with Gasteiger partial charge >= 0.3 is 0 Å². The SMILES string of the molecule is CCN=C(/C(O)=C(/C)N)c1nc(-c2nc(C(N)=O)n3cc(C)ncc23)n[nH]1. The molecule has 3 aromatic heterocycles. The lowest BCUT2D eigenvalue weighted by atomic mass is 10.2. The van der Waals surface area contributed by atoms with Crippen LogP contribution < -0.4 is 11.5 Å². The Morgan fingerprint density at radius 2 is 2.11 bits per heavy atom. The molecule has 3 rings (SSSR count). The first-order valence-electron chi connectivity index (χ1n) is 8.11. The molecule has 27 heavy (non-hydrogen) atoms. The Balaban J connectivity index is 2.16. The average Bonchev–Trinajstić information content (AvgIpc) is 3.23. The number of aromatic nitrogens is 6. The third-order valence-electron chi connectivity index (χ3n) is 3.71. The zero-order valence-electron chi connectivity index (χ0n) is 15.1. The number of H-pyrrole nitrogens is 1. The fraction of sp³-hybridized carbons (Fsp3) is 0.250. The molecule has 11 heteroatoms. The van der Waals surface area contributed by atoms with E-state index < -0.39 is 5.91 Å². The zero-order chi connectivity index (χ0) is 19.7. The van der Waals surface area contributed by atoms with Gasteiger partial charge in [-0.05, 0) is 20.8 Å². The predicted molar refractivity (Wildman–Crippen MR) is 98.2 cm³/mol. The van der Waals surface area contributed by atoms with Crippen LogP contribution in [0.25, 0.3) is 17.0 Å². The number of nitrogens with one attached hydrogen (secondary N) is 1. The molecule has 3 aromatic rings. The third kappa shape index (κ3) is 3.21. The van der Waals surface area contributed by atoms with Crippen LogP contribution in [-0.4, -0.2) is 52.8 Å². The quantitative estimate of drug-likeness (QED) is 0.373. The molecular weight excluding hydrogens is 350 g/mol. The van der Waals surface area contributed by atoms with Gasteiger partial charge in [0.05, 0.1) is 17.4 Å². The van der Waals surface area contributed by atoms with Crippen LogP contribution in [0.5, 0.6) is 0 Å². The highest BCUT2D eigenvalue weighted by Crippen LogP contribution is 2.22. The summed E-state index contributed by atoms with van der Waals surface area (Å²) < 4.78 is 1.54. The van der Waals surface area contributed by atoms with Gasteiger partial charge in [0.15, 0.2) is 11.6 Å². The molecule has 0 saturated heterocycles. The van der Waals surface area contributed by atoms with Gasteiger partial charge in [-0.1, -0.05) is 0 Å². The molecule has 11 nitrogen and oxygen atoms in total. The normalized spacial score (nSPS) is 13.1. The van der Waals surface area contributed by atoms with Crippen LogP contribution in [0.3, 0.4) is 0 Å². The van der Waals surface area contributed by atoms with Gasteiger partial charge in [-0.25, -0.2) is 9.97 Å². The van der Waals surface area contributed by atoms with Crippen molar-refractivity contribution in [3.63, 3.8) is 0 Å². The summed E-state index contributed by atoms with van der Waals surface area (Å²) in [6.07, 6.45) is 3.21. The topological polar surface area (TPSA) is 173 Å². The summed E-state index contributed by atoms with van der Waals surface area (Å²) in [4.78, 5) is 28.8. The summed E-state index contributed by atoms with van der Waals surface area (Å²) in [6.45, 7) is 5.55. The largest absolute Gasteiger partial charge is 0.504 e. The monoisotopic (exact) mass is 369 g/mol. The van der Waals surface area contributed by atoms with Crippen molar-refractivity contribution in [3.8, 4) is 11.5 Å². The van der Waals surface area contributed by atoms with Crippen LogP contribution in [0.2, 0.25) is 0 Å². The number of primary amides is 1. The highest BCUT2D eigenvalue weighted by Gasteiger charge is 2.22. The number of aliphatic hydroxyl groups is 1. The number of rotatable bonds is 5. The minimum Gasteiger partial charge on any atom is -0.504 e. The molecule has 140 valence electrons. The van der Waals surface area contributed by atoms with E-state index in [9.17, 15) is 9.90 Å². The number of hydrogen-bond acceptors (Lipinski definition) is 8. The second kappa shape index (κ2) is 6.86. The van der Waals surface area contributed by atoms with Crippen LogP contribution in [0.15, 0.2) is 28.8 Å². The van der Waals surface area contributed by atoms with Crippen molar-refractivity contribution in [1.82, 2.24) is 29.5 Å². The minimum absolute atomic E-state index is 0.0415. The van der Waals surface area contributed by atoms with Gasteiger partial charge in [-0.15, -0.1) is 0 Å². The second-order valence-corrected chi connectivity index (χ2v) is 5.79. The lowest BCUT2D eigenvalue weighted by Gasteiger charge is -2.03. The fourth-order valence-corrected chi connectivity index (χ4v) is 2.50. The Morgan fingerprint density at radius 3 is 2.74 bits per heavy atom. The van der Waals surface area contributed by atoms with Crippen molar-refractivity contribution in [2.45, 2.75) is 20.8 Å². The first-order valence-corrected chi connectivity index (χ1v) is 8.11. The summed E-state index contributed by atoms with van der Waals surface area (Å²) in [5.41, 5.74) is 13.0. The molecule has 0 unspecified atom stereocenters. The number of hydrogen-bond donors (Lipinski definition) is 4. The summed E-state index contributed by atoms with van der Waals surface area (Å²) in [5, 5.41) is 17.0. The van der Waals surface area contributed by atoms with Crippen LogP contribution in [0.1, 0.15) is 36.0 Å². The van der Waals surface area contributed by atoms with Gasteiger partial charge in [-0.3, -0.25) is 24.3 Å². The van der Waals surface area contributed by atoms with Crippen molar-refractivity contribution in [1.29, 1.82) is 0 Å². The number of imidazole rings is 1. The van der Waals surface area contributed by atoms with E-state index in [0.29, 0.717) is 23.4 Å². The smallest absolute Gasteiger partial charge is 0.285 e. The second-order valence-electron chi connectivity index (χ2n) is 5.79. The summed E-state index contributed by atoms with van der Waals surface area (Å²) in [6, 6.07) is 0. The number of fused-ring (bicyclic) bond motifs is 1. The third-order valence-corrected chi connectivity index (χ3v) is 3.71. The van der Waals surface area contributed by atoms with Gasteiger partial charge in [-0.2, -0.15) is 5.10 Å². The van der Waals surface area contributed by atoms with Gasteiger partial charge in [0, 0.05) is 18.4 Å². The van der Waals surface area contributed by atoms with Crippen LogP contribution in [0.4, 0.5) is 0 Å². The number of nitrogens with two attached hydrogens (primary N) is 2. The van der Waals surface area contributed by atoms with Gasteiger partial charge < -0.3 is 16.6 Å². The standard InChI is InChI=1S/C16H19N9O2/c1-4-19-11(12(26)8(3)17)15-22-14(23-24-15)10-9-5-20-7(2)6-25(9)16(21-10)13(18)27/h5-6,26H,4,17H2,1-3H3,(H2,18,27)(H,22,23,24)/b12-8+,19-11?. The van der Waals surface area contributed by atoms with Gasteiger partial charge in [0.25, 0.3) is 5.91 Å². The van der Waals surface area contributed by atoms with E-state index in [-0.39, 0.29) is 34.6 Å². The number of allylic oxidation sites excluding steroid dienone is 2. The summed E-state index contributed by atoms with van der Waals surface area (Å²) in [7, 11) is 0. The Labute approximate surface area is 153 Å². The van der Waals surface area contributed by atoms with Crippen molar-refractivity contribution >= 4 is 17.1 Å². The molecule has 0 aliphatic heterocycles. The molecule has 0 bridgehead atoms. The van der Waals surface area contributed by atoms with E-state index in [1.165, 1.54) is 0 Å². The molecule has 3 heterocycles. The first-order chi connectivity index (χ1) is 12.8. The number of aryl methyl sites for hydroxylation is 1. The Hall–Kier alpha value is -3.76. The van der Waals surface area contributed by atoms with E-state index in [0.717, 1.165) is 0 Å². The molecule has 0 fully saturated rings. The summed E-state index contributed by atoms with van der Waals surface area (Å²) in [5.74, 6) is -0.419. The van der Waals surface area contributed by atoms with E-state index >= 15 is 0 Å². The van der Waals surface area contributed by atoms with Gasteiger partial charge in [0.1, 0.15) is 11.4 Å². The van der Waals surface area contributed by atoms with Crippen molar-refractivity contribution in [2.24, 2.45) is 16.5 Å². The van der Waals surface area contributed by atoms with Crippen LogP contribution >= 0.6 is 0 Å². The van der Waals surface area contributed by atoms with Crippen LogP contribution in [-0.2, 0) is 0 Å². The Bertz CT molecular complexity index is 1090. The minimum atomic E-state index is -0.690. The molecule has 0 aromatic carbocycles. The number of carbonyl (C=O) groups excluding carboxylic acids is 1. The maximum atomic E-state index is 11.7. The highest BCUT2D eigenvalue weighted by atomic mass is 16.3.